The molecule has 0 radical (unpaired) electrons. The predicted molar refractivity (Wildman–Crippen MR) is 162 cm³/mol. The van der Waals surface area contributed by atoms with E-state index in [1.165, 1.54) is 4.90 Å². The molecule has 0 spiro atoms. The number of sulfonamides is 1. The molecule has 9 heteroatoms. The Morgan fingerprint density at radius 1 is 0.950 bits per heavy atom. The van der Waals surface area contributed by atoms with E-state index in [1.807, 2.05) is 63.2 Å². The minimum absolute atomic E-state index is 0.110. The molecule has 1 atom stereocenters. The third kappa shape index (κ3) is 8.83. The van der Waals surface area contributed by atoms with Gasteiger partial charge in [0.15, 0.2) is 0 Å². The van der Waals surface area contributed by atoms with Gasteiger partial charge in [-0.15, -0.1) is 0 Å². The zero-order valence-electron chi connectivity index (χ0n) is 23.6. The Balaban J connectivity index is 2.04. The maximum atomic E-state index is 14.1. The first-order valence-corrected chi connectivity index (χ1v) is 15.6. The largest absolute Gasteiger partial charge is 0.354 e. The molecule has 0 heterocycles. The standard InChI is InChI=1S/C31H38ClN3O4S/c1-5-6-18-33-31(37)29(20-25-10-8-7-9-11-25)34(21-26-13-15-27(32)16-14-26)30(36)22-35(40(4,38)39)28-17-12-23(2)19-24(28)3/h7-17,19,29H,5-6,18,20-22H2,1-4H3,(H,33,37). The van der Waals surface area contributed by atoms with E-state index in [0.717, 1.165) is 45.7 Å². The van der Waals surface area contributed by atoms with Crippen LogP contribution < -0.4 is 9.62 Å². The van der Waals surface area contributed by atoms with E-state index < -0.39 is 28.5 Å². The lowest BCUT2D eigenvalue weighted by Crippen LogP contribution is -2.53. The van der Waals surface area contributed by atoms with Crippen LogP contribution in [0.4, 0.5) is 5.69 Å². The number of aryl methyl sites for hydroxylation is 2. The van der Waals surface area contributed by atoms with Crippen molar-refractivity contribution >= 4 is 39.1 Å². The molecule has 7 nitrogen and oxygen atoms in total. The first-order valence-electron chi connectivity index (χ1n) is 13.4. The number of hydrogen-bond acceptors (Lipinski definition) is 4. The average Bonchev–Trinajstić information content (AvgIpc) is 2.90. The fourth-order valence-electron chi connectivity index (χ4n) is 4.53. The van der Waals surface area contributed by atoms with Crippen molar-refractivity contribution in [1.82, 2.24) is 10.2 Å². The number of anilines is 1. The summed E-state index contributed by atoms with van der Waals surface area (Å²) in [6.07, 6.45) is 3.09. The van der Waals surface area contributed by atoms with Crippen LogP contribution in [-0.4, -0.2) is 50.5 Å². The molecule has 3 aromatic rings. The molecule has 0 bridgehead atoms. The van der Waals surface area contributed by atoms with Gasteiger partial charge in [-0.25, -0.2) is 8.42 Å². The molecule has 3 aromatic carbocycles. The summed E-state index contributed by atoms with van der Waals surface area (Å²) in [6, 6.07) is 21.1. The van der Waals surface area contributed by atoms with Crippen LogP contribution in [0.1, 0.15) is 42.0 Å². The monoisotopic (exact) mass is 583 g/mol. The number of halogens is 1. The summed E-state index contributed by atoms with van der Waals surface area (Å²) >= 11 is 6.10. The van der Waals surface area contributed by atoms with E-state index >= 15 is 0 Å². The molecule has 0 aliphatic rings. The Bertz CT molecular complexity index is 1400. The summed E-state index contributed by atoms with van der Waals surface area (Å²) in [6.45, 7) is 5.93. The van der Waals surface area contributed by atoms with Gasteiger partial charge in [-0.2, -0.15) is 0 Å². The summed E-state index contributed by atoms with van der Waals surface area (Å²) in [5.41, 5.74) is 3.81. The second-order valence-corrected chi connectivity index (χ2v) is 12.4. The van der Waals surface area contributed by atoms with Gasteiger partial charge in [0.25, 0.3) is 0 Å². The van der Waals surface area contributed by atoms with Crippen molar-refractivity contribution in [3.8, 4) is 0 Å². The lowest BCUT2D eigenvalue weighted by Gasteiger charge is -2.34. The average molecular weight is 584 g/mol. The second-order valence-electron chi connectivity index (χ2n) is 10.1. The van der Waals surface area contributed by atoms with E-state index in [9.17, 15) is 18.0 Å². The van der Waals surface area contributed by atoms with Crippen molar-refractivity contribution in [2.24, 2.45) is 0 Å². The van der Waals surface area contributed by atoms with E-state index in [1.54, 1.807) is 30.3 Å². The van der Waals surface area contributed by atoms with Gasteiger partial charge in [0.1, 0.15) is 12.6 Å². The third-order valence-electron chi connectivity index (χ3n) is 6.67. The van der Waals surface area contributed by atoms with Crippen LogP contribution in [0.3, 0.4) is 0 Å². The van der Waals surface area contributed by atoms with Crippen LogP contribution >= 0.6 is 11.6 Å². The Hall–Kier alpha value is -3.36. The molecule has 1 N–H and O–H groups in total. The number of rotatable bonds is 13. The highest BCUT2D eigenvalue weighted by Gasteiger charge is 2.33. The molecule has 0 fully saturated rings. The molecule has 1 unspecified atom stereocenters. The predicted octanol–water partition coefficient (Wildman–Crippen LogP) is 5.28. The highest BCUT2D eigenvalue weighted by atomic mass is 35.5. The summed E-state index contributed by atoms with van der Waals surface area (Å²) in [5, 5.41) is 3.53. The van der Waals surface area contributed by atoms with Gasteiger partial charge in [0.05, 0.1) is 11.9 Å². The summed E-state index contributed by atoms with van der Waals surface area (Å²) in [5.74, 6) is -0.760. The van der Waals surface area contributed by atoms with Gasteiger partial charge in [0, 0.05) is 24.5 Å². The first-order chi connectivity index (χ1) is 19.0. The second kappa shape index (κ2) is 14.3. The Morgan fingerprint density at radius 3 is 2.23 bits per heavy atom. The van der Waals surface area contributed by atoms with E-state index in [-0.39, 0.29) is 18.9 Å². The normalized spacial score (nSPS) is 12.0. The minimum atomic E-state index is -3.81. The number of nitrogens with zero attached hydrogens (tertiary/aromatic N) is 2. The van der Waals surface area contributed by atoms with Crippen molar-refractivity contribution in [1.29, 1.82) is 0 Å². The van der Waals surface area contributed by atoms with Gasteiger partial charge in [-0.1, -0.05) is 85.1 Å². The van der Waals surface area contributed by atoms with Crippen molar-refractivity contribution in [3.63, 3.8) is 0 Å². The number of unbranched alkanes of at least 4 members (excludes halogenated alkanes) is 1. The number of hydrogen-bond donors (Lipinski definition) is 1. The fraction of sp³-hybridized carbons (Fsp3) is 0.355. The van der Waals surface area contributed by atoms with E-state index in [4.69, 9.17) is 11.6 Å². The summed E-state index contributed by atoms with van der Waals surface area (Å²) in [7, 11) is -3.81. The number of nitrogens with one attached hydrogen (secondary N) is 1. The number of amides is 2. The van der Waals surface area contributed by atoms with Gasteiger partial charge >= 0.3 is 0 Å². The topological polar surface area (TPSA) is 86.8 Å². The smallest absolute Gasteiger partial charge is 0.244 e. The van der Waals surface area contributed by atoms with Gasteiger partial charge < -0.3 is 10.2 Å². The number of carbonyl (C=O) groups is 2. The molecule has 3 rings (SSSR count). The molecular weight excluding hydrogens is 546 g/mol. The Morgan fingerprint density at radius 2 is 1.62 bits per heavy atom. The van der Waals surface area contributed by atoms with Crippen molar-refractivity contribution < 1.29 is 18.0 Å². The Kier molecular flexibility index (Phi) is 11.2. The van der Waals surface area contributed by atoms with Crippen molar-refractivity contribution in [2.75, 3.05) is 23.7 Å². The highest BCUT2D eigenvalue weighted by molar-refractivity contribution is 7.92. The van der Waals surface area contributed by atoms with E-state index in [2.05, 4.69) is 5.32 Å². The van der Waals surface area contributed by atoms with Gasteiger partial charge in [-0.3, -0.25) is 13.9 Å². The lowest BCUT2D eigenvalue weighted by atomic mass is 10.0. The van der Waals surface area contributed by atoms with Crippen molar-refractivity contribution in [2.45, 2.75) is 52.6 Å². The first kappa shape index (κ1) is 31.2. The maximum Gasteiger partial charge on any atom is 0.244 e. The number of carbonyl (C=O) groups excluding carboxylic acids is 2. The molecule has 214 valence electrons. The van der Waals surface area contributed by atoms with Crippen LogP contribution in [-0.2, 0) is 32.6 Å². The minimum Gasteiger partial charge on any atom is -0.354 e. The molecule has 0 aromatic heterocycles. The molecule has 0 aliphatic heterocycles. The summed E-state index contributed by atoms with van der Waals surface area (Å²) < 4.78 is 27.0. The van der Waals surface area contributed by atoms with Crippen LogP contribution in [0, 0.1) is 13.8 Å². The van der Waals surface area contributed by atoms with Crippen LogP contribution in [0.25, 0.3) is 0 Å². The molecule has 2 amide bonds. The molecule has 0 saturated heterocycles. The quantitative estimate of drug-likeness (QED) is 0.277. The highest BCUT2D eigenvalue weighted by Crippen LogP contribution is 2.25. The molecule has 0 aliphatic carbocycles. The van der Waals surface area contributed by atoms with Crippen LogP contribution in [0.15, 0.2) is 72.8 Å². The summed E-state index contributed by atoms with van der Waals surface area (Å²) in [4.78, 5) is 29.2. The molecule has 0 saturated carbocycles. The van der Waals surface area contributed by atoms with Gasteiger partial charge in [-0.05, 0) is 55.2 Å². The molecular formula is C31H38ClN3O4S. The third-order valence-corrected chi connectivity index (χ3v) is 8.05. The van der Waals surface area contributed by atoms with Gasteiger partial charge in [0.2, 0.25) is 21.8 Å². The zero-order valence-corrected chi connectivity index (χ0v) is 25.1. The van der Waals surface area contributed by atoms with Crippen molar-refractivity contribution in [3.05, 3.63) is 100 Å². The van der Waals surface area contributed by atoms with E-state index in [0.29, 0.717) is 17.3 Å². The lowest BCUT2D eigenvalue weighted by molar-refractivity contribution is -0.140. The Labute approximate surface area is 243 Å². The zero-order chi connectivity index (χ0) is 29.3. The molecule has 40 heavy (non-hydrogen) atoms. The van der Waals surface area contributed by atoms with Crippen LogP contribution in [0.2, 0.25) is 5.02 Å². The fourth-order valence-corrected chi connectivity index (χ4v) is 5.56. The number of benzene rings is 3. The maximum absolute atomic E-state index is 14.1. The SMILES string of the molecule is CCCCNC(=O)C(Cc1ccccc1)N(Cc1ccc(Cl)cc1)C(=O)CN(c1ccc(C)cc1C)S(C)(=O)=O. The van der Waals surface area contributed by atoms with Crippen LogP contribution in [0.5, 0.6) is 0 Å².